The predicted molar refractivity (Wildman–Crippen MR) is 82.9 cm³/mol. The number of nitrogens with zero attached hydrogens (tertiary/aromatic N) is 1. The minimum atomic E-state index is 0.105. The van der Waals surface area contributed by atoms with Gasteiger partial charge in [-0.1, -0.05) is 0 Å². The van der Waals surface area contributed by atoms with Gasteiger partial charge in [0, 0.05) is 44.1 Å². The van der Waals surface area contributed by atoms with Crippen LogP contribution >= 0.6 is 0 Å². The number of fused-ring (bicyclic) bond motifs is 2. The third-order valence-electron chi connectivity index (χ3n) is 4.75. The molecule has 2 amide bonds. The number of amides is 2. The zero-order valence-corrected chi connectivity index (χ0v) is 13.4. The lowest BCUT2D eigenvalue weighted by molar-refractivity contribution is -0.131. The summed E-state index contributed by atoms with van der Waals surface area (Å²) in [6.07, 6.45) is 6.20. The fourth-order valence-electron chi connectivity index (χ4n) is 3.61. The summed E-state index contributed by atoms with van der Waals surface area (Å²) in [5.74, 6) is 0.265. The summed E-state index contributed by atoms with van der Waals surface area (Å²) in [6.45, 7) is 5.47. The van der Waals surface area contributed by atoms with Crippen LogP contribution in [0, 0.1) is 0 Å². The van der Waals surface area contributed by atoms with Crippen molar-refractivity contribution < 1.29 is 9.59 Å². The quantitative estimate of drug-likeness (QED) is 0.747. The molecule has 0 saturated carbocycles. The maximum absolute atomic E-state index is 12.0. The van der Waals surface area contributed by atoms with Gasteiger partial charge in [-0.25, -0.2) is 0 Å². The molecule has 2 aliphatic heterocycles. The molecule has 120 valence electrons. The van der Waals surface area contributed by atoms with Gasteiger partial charge in [0.1, 0.15) is 0 Å². The summed E-state index contributed by atoms with van der Waals surface area (Å²) in [4.78, 5) is 25.7. The van der Waals surface area contributed by atoms with Crippen molar-refractivity contribution in [1.82, 2.24) is 15.5 Å². The van der Waals surface area contributed by atoms with Crippen molar-refractivity contribution in [3.05, 3.63) is 0 Å². The zero-order chi connectivity index (χ0) is 15.2. The Morgan fingerprint density at radius 1 is 1.10 bits per heavy atom. The molecule has 0 aromatic rings. The van der Waals surface area contributed by atoms with E-state index < -0.39 is 0 Å². The van der Waals surface area contributed by atoms with Gasteiger partial charge in [0.15, 0.2) is 0 Å². The fourth-order valence-corrected chi connectivity index (χ4v) is 3.61. The van der Waals surface area contributed by atoms with Crippen LogP contribution in [-0.4, -0.2) is 47.9 Å². The minimum Gasteiger partial charge on any atom is -0.353 e. The van der Waals surface area contributed by atoms with Crippen molar-refractivity contribution in [2.45, 2.75) is 76.9 Å². The highest BCUT2D eigenvalue weighted by Crippen LogP contribution is 2.26. The summed E-state index contributed by atoms with van der Waals surface area (Å²) >= 11 is 0. The Balaban J connectivity index is 1.62. The molecule has 5 nitrogen and oxygen atoms in total. The van der Waals surface area contributed by atoms with Crippen molar-refractivity contribution in [3.63, 3.8) is 0 Å². The van der Waals surface area contributed by atoms with Crippen molar-refractivity contribution >= 4 is 11.8 Å². The molecule has 0 aromatic heterocycles. The van der Waals surface area contributed by atoms with Crippen LogP contribution in [0.5, 0.6) is 0 Å². The van der Waals surface area contributed by atoms with E-state index in [1.807, 2.05) is 18.7 Å². The third-order valence-corrected chi connectivity index (χ3v) is 4.75. The number of carbonyl (C=O) groups excluding carboxylic acids is 2. The highest BCUT2D eigenvalue weighted by Gasteiger charge is 2.33. The average Bonchev–Trinajstić information content (AvgIpc) is 2.79. The average molecular weight is 295 g/mol. The maximum Gasteiger partial charge on any atom is 0.222 e. The van der Waals surface area contributed by atoms with E-state index in [-0.39, 0.29) is 11.8 Å². The van der Waals surface area contributed by atoms with Crippen molar-refractivity contribution in [3.8, 4) is 0 Å². The second-order valence-corrected chi connectivity index (χ2v) is 6.29. The van der Waals surface area contributed by atoms with E-state index in [1.165, 1.54) is 12.8 Å². The first kappa shape index (κ1) is 16.3. The lowest BCUT2D eigenvalue weighted by Crippen LogP contribution is -2.48. The first-order valence-corrected chi connectivity index (χ1v) is 8.45. The molecule has 21 heavy (non-hydrogen) atoms. The van der Waals surface area contributed by atoms with E-state index in [9.17, 15) is 9.59 Å². The monoisotopic (exact) mass is 295 g/mol. The van der Waals surface area contributed by atoms with Crippen molar-refractivity contribution in [1.29, 1.82) is 0 Å². The van der Waals surface area contributed by atoms with Gasteiger partial charge in [-0.05, 0) is 46.0 Å². The Morgan fingerprint density at radius 2 is 1.71 bits per heavy atom. The number of carbonyl (C=O) groups is 2. The molecule has 2 fully saturated rings. The van der Waals surface area contributed by atoms with Crippen molar-refractivity contribution in [2.24, 2.45) is 0 Å². The number of nitrogens with one attached hydrogen (secondary N) is 2. The molecule has 0 aromatic carbocycles. The van der Waals surface area contributed by atoms with Gasteiger partial charge in [-0.2, -0.15) is 0 Å². The smallest absolute Gasteiger partial charge is 0.222 e. The second-order valence-electron chi connectivity index (χ2n) is 6.29. The highest BCUT2D eigenvalue weighted by molar-refractivity contribution is 5.79. The van der Waals surface area contributed by atoms with Crippen LogP contribution in [0.1, 0.15) is 58.8 Å². The molecule has 5 heteroatoms. The van der Waals surface area contributed by atoms with Gasteiger partial charge in [0.25, 0.3) is 0 Å². The largest absolute Gasteiger partial charge is 0.353 e. The van der Waals surface area contributed by atoms with Gasteiger partial charge in [0.05, 0.1) is 0 Å². The molecule has 0 aliphatic carbocycles. The van der Waals surface area contributed by atoms with Gasteiger partial charge in [-0.15, -0.1) is 0 Å². The number of piperidine rings is 1. The van der Waals surface area contributed by atoms with Crippen LogP contribution in [0.15, 0.2) is 0 Å². The summed E-state index contributed by atoms with van der Waals surface area (Å²) < 4.78 is 0. The van der Waals surface area contributed by atoms with Gasteiger partial charge >= 0.3 is 0 Å². The van der Waals surface area contributed by atoms with E-state index in [2.05, 4.69) is 10.6 Å². The first-order chi connectivity index (χ1) is 10.1. The molecule has 2 atom stereocenters. The highest BCUT2D eigenvalue weighted by atomic mass is 16.2. The van der Waals surface area contributed by atoms with Crippen LogP contribution in [0.3, 0.4) is 0 Å². The molecule has 0 spiro atoms. The lowest BCUT2D eigenvalue weighted by atomic mass is 9.99. The lowest BCUT2D eigenvalue weighted by Gasteiger charge is -2.29. The summed E-state index contributed by atoms with van der Waals surface area (Å²) in [6, 6.07) is 1.52. The molecule has 2 saturated heterocycles. The standard InChI is InChI=1S/C16H29N3O2/c1-3-19(4-2)16(21)7-5-6-15(20)18-14-10-12-8-9-13(11-14)17-12/h12-14,17H,3-11H2,1-2H3,(H,18,20). The van der Waals surface area contributed by atoms with E-state index in [4.69, 9.17) is 0 Å². The first-order valence-electron chi connectivity index (χ1n) is 8.45. The van der Waals surface area contributed by atoms with E-state index in [0.717, 1.165) is 25.9 Å². The SMILES string of the molecule is CCN(CC)C(=O)CCCC(=O)NC1CC2CCC(C1)N2. The zero-order valence-electron chi connectivity index (χ0n) is 13.4. The molecule has 2 bridgehead atoms. The van der Waals surface area contributed by atoms with Gasteiger partial charge < -0.3 is 15.5 Å². The van der Waals surface area contributed by atoms with E-state index in [1.54, 1.807) is 0 Å². The summed E-state index contributed by atoms with van der Waals surface area (Å²) in [5, 5.41) is 6.72. The molecule has 0 radical (unpaired) electrons. The summed E-state index contributed by atoms with van der Waals surface area (Å²) in [7, 11) is 0. The maximum atomic E-state index is 12.0. The minimum absolute atomic E-state index is 0.105. The topological polar surface area (TPSA) is 61.4 Å². The predicted octanol–water partition coefficient (Wildman–Crippen LogP) is 1.42. The normalized spacial score (nSPS) is 27.4. The molecule has 2 rings (SSSR count). The fraction of sp³-hybridized carbons (Fsp3) is 0.875. The van der Waals surface area contributed by atoms with Crippen LogP contribution in [-0.2, 0) is 9.59 Å². The third kappa shape index (κ3) is 4.70. The Hall–Kier alpha value is -1.10. The Labute approximate surface area is 127 Å². The van der Waals surface area contributed by atoms with Crippen molar-refractivity contribution in [2.75, 3.05) is 13.1 Å². The Kier molecular flexibility index (Phi) is 6.03. The molecular formula is C16H29N3O2. The van der Waals surface area contributed by atoms with E-state index in [0.29, 0.717) is 37.4 Å². The van der Waals surface area contributed by atoms with Crippen LogP contribution < -0.4 is 10.6 Å². The Morgan fingerprint density at radius 3 is 2.29 bits per heavy atom. The Bertz CT molecular complexity index is 357. The molecule has 2 aliphatic rings. The number of hydrogen-bond acceptors (Lipinski definition) is 3. The number of rotatable bonds is 7. The second kappa shape index (κ2) is 7.78. The molecule has 2 heterocycles. The van der Waals surface area contributed by atoms with Crippen LogP contribution in [0.25, 0.3) is 0 Å². The molecule has 2 unspecified atom stereocenters. The number of hydrogen-bond donors (Lipinski definition) is 2. The summed E-state index contributed by atoms with van der Waals surface area (Å²) in [5.41, 5.74) is 0. The van der Waals surface area contributed by atoms with Gasteiger partial charge in [-0.3, -0.25) is 9.59 Å². The molecule has 2 N–H and O–H groups in total. The molecular weight excluding hydrogens is 266 g/mol. The van der Waals surface area contributed by atoms with Crippen LogP contribution in [0.2, 0.25) is 0 Å². The van der Waals surface area contributed by atoms with Gasteiger partial charge in [0.2, 0.25) is 11.8 Å². The van der Waals surface area contributed by atoms with E-state index >= 15 is 0 Å². The van der Waals surface area contributed by atoms with Crippen LogP contribution in [0.4, 0.5) is 0 Å².